The number of hydrogen-bond donors (Lipinski definition) is 3. The number of alkyl carbamates (subject to hydrolysis) is 1. The first kappa shape index (κ1) is 23.3. The van der Waals surface area contributed by atoms with Crippen molar-refractivity contribution in [1.82, 2.24) is 5.32 Å². The van der Waals surface area contributed by atoms with Crippen LogP contribution in [-0.4, -0.2) is 36.2 Å². The number of benzene rings is 3. The molecule has 2 amide bonds. The number of hydrogen-bond acceptors (Lipinski definition) is 4. The number of ether oxygens (including phenoxy) is 1. The van der Waals surface area contributed by atoms with Gasteiger partial charge >= 0.3 is 12.1 Å². The standard InChI is InChI=1S/C27H23IN2O5/c28-17-9-15(26(32)33)10-18(12-17)30-25(31)23-11-16(23)13-29-27(34)35-14-24-21-7-3-1-5-19(21)20-6-2-4-8-22(20)24/h1-10,12,16,23-24H,11,13-14H2,(H,29,34)(H,30,31)(H,32,33)/t16-,23-/m0/s1. The molecule has 0 bridgehead atoms. The summed E-state index contributed by atoms with van der Waals surface area (Å²) in [7, 11) is 0. The van der Waals surface area contributed by atoms with E-state index >= 15 is 0 Å². The minimum atomic E-state index is -1.05. The SMILES string of the molecule is O=C(NC[C@@H]1C[C@@H]1C(=O)Nc1cc(I)cc(C(=O)O)c1)OCC1c2ccccc2-c2ccccc21. The molecule has 0 aliphatic heterocycles. The number of carboxylic acids is 1. The fourth-order valence-corrected chi connectivity index (χ4v) is 5.35. The summed E-state index contributed by atoms with van der Waals surface area (Å²) < 4.78 is 6.28. The summed E-state index contributed by atoms with van der Waals surface area (Å²) in [6.45, 7) is 0.592. The van der Waals surface area contributed by atoms with Crippen LogP contribution in [-0.2, 0) is 9.53 Å². The van der Waals surface area contributed by atoms with Crippen LogP contribution in [0.25, 0.3) is 11.1 Å². The maximum absolute atomic E-state index is 12.6. The summed E-state index contributed by atoms with van der Waals surface area (Å²) in [6.07, 6.45) is 0.159. The van der Waals surface area contributed by atoms with Gasteiger partial charge in [0.1, 0.15) is 6.61 Å². The van der Waals surface area contributed by atoms with E-state index < -0.39 is 12.1 Å². The van der Waals surface area contributed by atoms with Crippen molar-refractivity contribution in [2.24, 2.45) is 11.8 Å². The molecule has 0 heterocycles. The smallest absolute Gasteiger partial charge is 0.407 e. The Hall–Kier alpha value is -3.40. The van der Waals surface area contributed by atoms with Gasteiger partial charge in [-0.15, -0.1) is 0 Å². The first-order valence-electron chi connectivity index (χ1n) is 11.3. The second kappa shape index (κ2) is 9.69. The normalized spacial score (nSPS) is 17.7. The second-order valence-electron chi connectivity index (χ2n) is 8.83. The number of fused-ring (bicyclic) bond motifs is 3. The van der Waals surface area contributed by atoms with Gasteiger partial charge in [0, 0.05) is 27.6 Å². The van der Waals surface area contributed by atoms with Crippen molar-refractivity contribution in [3.63, 3.8) is 0 Å². The Morgan fingerprint density at radius 2 is 1.63 bits per heavy atom. The highest BCUT2D eigenvalue weighted by atomic mass is 127. The van der Waals surface area contributed by atoms with E-state index in [-0.39, 0.29) is 35.8 Å². The van der Waals surface area contributed by atoms with E-state index in [1.54, 1.807) is 6.07 Å². The molecule has 8 heteroatoms. The highest BCUT2D eigenvalue weighted by Gasteiger charge is 2.43. The molecule has 0 radical (unpaired) electrons. The Kier molecular flexibility index (Phi) is 6.46. The summed E-state index contributed by atoms with van der Waals surface area (Å²) in [5, 5.41) is 14.8. The van der Waals surface area contributed by atoms with E-state index in [9.17, 15) is 19.5 Å². The predicted molar refractivity (Wildman–Crippen MR) is 139 cm³/mol. The molecule has 1 saturated carbocycles. The fraction of sp³-hybridized carbons (Fsp3) is 0.222. The number of carboxylic acid groups (broad SMARTS) is 1. The van der Waals surface area contributed by atoms with Gasteiger partial charge in [-0.05, 0) is 75.4 Å². The average molecular weight is 582 g/mol. The molecule has 0 aromatic heterocycles. The zero-order chi connectivity index (χ0) is 24.5. The fourth-order valence-electron chi connectivity index (χ4n) is 4.68. The molecule has 35 heavy (non-hydrogen) atoms. The molecule has 0 saturated heterocycles. The van der Waals surface area contributed by atoms with E-state index in [0.29, 0.717) is 18.7 Å². The highest BCUT2D eigenvalue weighted by molar-refractivity contribution is 14.1. The number of nitrogens with one attached hydrogen (secondary N) is 2. The monoisotopic (exact) mass is 582 g/mol. The topological polar surface area (TPSA) is 105 Å². The van der Waals surface area contributed by atoms with Crippen molar-refractivity contribution in [3.8, 4) is 11.1 Å². The summed E-state index contributed by atoms with van der Waals surface area (Å²) in [6, 6.07) is 21.0. The lowest BCUT2D eigenvalue weighted by atomic mass is 9.98. The lowest BCUT2D eigenvalue weighted by Gasteiger charge is -2.14. The van der Waals surface area contributed by atoms with Crippen molar-refractivity contribution in [2.75, 3.05) is 18.5 Å². The van der Waals surface area contributed by atoms with Gasteiger partial charge in [0.25, 0.3) is 0 Å². The Morgan fingerprint density at radius 1 is 0.971 bits per heavy atom. The number of rotatable bonds is 7. The van der Waals surface area contributed by atoms with Crippen molar-refractivity contribution < 1.29 is 24.2 Å². The molecule has 0 unspecified atom stereocenters. The van der Waals surface area contributed by atoms with Crippen molar-refractivity contribution >= 4 is 46.2 Å². The molecule has 0 spiro atoms. The predicted octanol–water partition coefficient (Wildman–Crippen LogP) is 5.10. The van der Waals surface area contributed by atoms with E-state index in [0.717, 1.165) is 14.7 Å². The summed E-state index contributed by atoms with van der Waals surface area (Å²) in [4.78, 5) is 36.2. The number of carbonyl (C=O) groups excluding carboxylic acids is 2. The molecular weight excluding hydrogens is 559 g/mol. The maximum Gasteiger partial charge on any atom is 0.407 e. The van der Waals surface area contributed by atoms with Crippen LogP contribution in [0.2, 0.25) is 0 Å². The van der Waals surface area contributed by atoms with E-state index in [1.165, 1.54) is 23.3 Å². The first-order valence-corrected chi connectivity index (χ1v) is 12.4. The van der Waals surface area contributed by atoms with Crippen LogP contribution >= 0.6 is 22.6 Å². The van der Waals surface area contributed by atoms with Crippen LogP contribution in [0.4, 0.5) is 10.5 Å². The summed E-state index contributed by atoms with van der Waals surface area (Å²) in [5.74, 6) is -1.43. The zero-order valence-electron chi connectivity index (χ0n) is 18.7. The quantitative estimate of drug-likeness (QED) is 0.337. The molecule has 2 atom stereocenters. The molecule has 1 fully saturated rings. The maximum atomic E-state index is 12.6. The molecule has 3 aromatic rings. The molecule has 5 rings (SSSR count). The van der Waals surface area contributed by atoms with E-state index in [1.807, 2.05) is 46.9 Å². The molecular formula is C27H23IN2O5. The van der Waals surface area contributed by atoms with E-state index in [2.05, 4.69) is 34.9 Å². The molecule has 2 aliphatic rings. The Morgan fingerprint density at radius 3 is 2.29 bits per heavy atom. The largest absolute Gasteiger partial charge is 0.478 e. The lowest BCUT2D eigenvalue weighted by molar-refractivity contribution is -0.117. The van der Waals surface area contributed by atoms with Crippen LogP contribution in [0, 0.1) is 15.4 Å². The van der Waals surface area contributed by atoms with Gasteiger partial charge in [-0.3, -0.25) is 4.79 Å². The molecule has 3 N–H and O–H groups in total. The molecule has 2 aliphatic carbocycles. The van der Waals surface area contributed by atoms with Gasteiger partial charge in [0.15, 0.2) is 0 Å². The van der Waals surface area contributed by atoms with Crippen LogP contribution < -0.4 is 10.6 Å². The van der Waals surface area contributed by atoms with Gasteiger partial charge < -0.3 is 20.5 Å². The highest BCUT2D eigenvalue weighted by Crippen LogP contribution is 2.44. The van der Waals surface area contributed by atoms with Gasteiger partial charge in [-0.25, -0.2) is 9.59 Å². The first-order chi connectivity index (χ1) is 16.9. The number of aromatic carboxylic acids is 1. The third kappa shape index (κ3) is 5.02. The van der Waals surface area contributed by atoms with Gasteiger partial charge in [-0.1, -0.05) is 48.5 Å². The van der Waals surface area contributed by atoms with Crippen molar-refractivity contribution in [3.05, 3.63) is 87.0 Å². The Labute approximate surface area is 216 Å². The minimum Gasteiger partial charge on any atom is -0.478 e. The van der Waals surface area contributed by atoms with Gasteiger partial charge in [-0.2, -0.15) is 0 Å². The van der Waals surface area contributed by atoms with Gasteiger partial charge in [0.05, 0.1) is 5.56 Å². The van der Waals surface area contributed by atoms with Crippen LogP contribution in [0.3, 0.4) is 0 Å². The van der Waals surface area contributed by atoms with Crippen LogP contribution in [0.15, 0.2) is 66.7 Å². The Balaban J connectivity index is 1.11. The minimum absolute atomic E-state index is 0.00281. The summed E-state index contributed by atoms with van der Waals surface area (Å²) in [5.41, 5.74) is 5.23. The van der Waals surface area contributed by atoms with Crippen LogP contribution in [0.5, 0.6) is 0 Å². The Bertz CT molecular complexity index is 1280. The number of amides is 2. The zero-order valence-corrected chi connectivity index (χ0v) is 20.8. The molecule has 3 aromatic carbocycles. The lowest BCUT2D eigenvalue weighted by Crippen LogP contribution is -2.29. The summed E-state index contributed by atoms with van der Waals surface area (Å²) >= 11 is 2.01. The van der Waals surface area contributed by atoms with E-state index in [4.69, 9.17) is 4.74 Å². The molecule has 7 nitrogen and oxygen atoms in total. The third-order valence-corrected chi connectivity index (χ3v) is 7.15. The average Bonchev–Trinajstić information content (AvgIpc) is 3.56. The van der Waals surface area contributed by atoms with Gasteiger partial charge in [0.2, 0.25) is 5.91 Å². The number of carbonyl (C=O) groups is 3. The van der Waals surface area contributed by atoms with Crippen molar-refractivity contribution in [2.45, 2.75) is 12.3 Å². The molecule has 178 valence electrons. The van der Waals surface area contributed by atoms with Crippen LogP contribution in [0.1, 0.15) is 33.8 Å². The number of halogens is 1. The second-order valence-corrected chi connectivity index (χ2v) is 10.1. The third-order valence-electron chi connectivity index (χ3n) is 6.52. The number of anilines is 1. The van der Waals surface area contributed by atoms with Crippen molar-refractivity contribution in [1.29, 1.82) is 0 Å².